The molecule has 0 radical (unpaired) electrons. The maximum absolute atomic E-state index is 13.2. The number of nitrogens with zero attached hydrogens (tertiary/aromatic N) is 1. The van der Waals surface area contributed by atoms with Gasteiger partial charge in [0.1, 0.15) is 5.82 Å². The summed E-state index contributed by atoms with van der Waals surface area (Å²) in [5.74, 6) is -0.947. The van der Waals surface area contributed by atoms with Crippen LogP contribution in [0, 0.1) is 5.82 Å². The van der Waals surface area contributed by atoms with Crippen LogP contribution in [0.25, 0.3) is 11.1 Å². The Morgan fingerprint density at radius 1 is 1.04 bits per heavy atom. The summed E-state index contributed by atoms with van der Waals surface area (Å²) in [7, 11) is 0. The van der Waals surface area contributed by atoms with Crippen molar-refractivity contribution >= 4 is 22.4 Å². The molecular weight excluding hydrogens is 356 g/mol. The van der Waals surface area contributed by atoms with Crippen LogP contribution in [0.5, 0.6) is 0 Å². The first-order chi connectivity index (χ1) is 11.8. The highest BCUT2D eigenvalue weighted by atomic mass is 32.1. The number of hydrogen-bond donors (Lipinski definition) is 1. The van der Waals surface area contributed by atoms with Crippen LogP contribution in [0.15, 0.2) is 53.9 Å². The molecule has 0 spiro atoms. The Morgan fingerprint density at radius 2 is 1.76 bits per heavy atom. The van der Waals surface area contributed by atoms with Crippen LogP contribution >= 0.6 is 11.3 Å². The van der Waals surface area contributed by atoms with Gasteiger partial charge >= 0.3 is 6.18 Å². The first kappa shape index (κ1) is 17.1. The Balaban J connectivity index is 1.74. The van der Waals surface area contributed by atoms with Gasteiger partial charge in [0.2, 0.25) is 0 Å². The summed E-state index contributed by atoms with van der Waals surface area (Å²) >= 11 is 0.696. The summed E-state index contributed by atoms with van der Waals surface area (Å²) in [5, 5.41) is 3.03. The molecule has 1 aromatic heterocycles. The quantitative estimate of drug-likeness (QED) is 0.646. The van der Waals surface area contributed by atoms with Gasteiger partial charge in [0.15, 0.2) is 10.8 Å². The molecule has 3 rings (SSSR count). The van der Waals surface area contributed by atoms with Crippen molar-refractivity contribution in [1.29, 1.82) is 0 Å². The minimum absolute atomic E-state index is 0.133. The van der Waals surface area contributed by atoms with Gasteiger partial charge in [-0.3, -0.25) is 10.1 Å². The molecule has 3 nitrogen and oxygen atoms in total. The molecular formula is C17H10F4N2OS. The summed E-state index contributed by atoms with van der Waals surface area (Å²) in [6, 6.07) is 12.3. The molecule has 25 heavy (non-hydrogen) atoms. The third-order valence-corrected chi connectivity index (χ3v) is 4.08. The highest BCUT2D eigenvalue weighted by Crippen LogP contribution is 2.31. The van der Waals surface area contributed by atoms with Gasteiger partial charge in [0.05, 0.1) is 0 Å². The number of carbonyl (C=O) groups is 1. The molecule has 0 aliphatic heterocycles. The average molecular weight is 366 g/mol. The van der Waals surface area contributed by atoms with Gasteiger partial charge in [0.25, 0.3) is 5.91 Å². The Morgan fingerprint density at radius 3 is 2.36 bits per heavy atom. The predicted molar refractivity (Wildman–Crippen MR) is 86.9 cm³/mol. The summed E-state index contributed by atoms with van der Waals surface area (Å²) in [5.41, 5.74) is 0.574. The Hall–Kier alpha value is -2.74. The van der Waals surface area contributed by atoms with Crippen LogP contribution in [0.2, 0.25) is 0 Å². The van der Waals surface area contributed by atoms with Gasteiger partial charge in [0, 0.05) is 10.9 Å². The maximum atomic E-state index is 13.2. The third-order valence-electron chi connectivity index (χ3n) is 3.32. The van der Waals surface area contributed by atoms with E-state index in [0.717, 1.165) is 5.38 Å². The number of halogens is 4. The summed E-state index contributed by atoms with van der Waals surface area (Å²) in [4.78, 5) is 15.4. The van der Waals surface area contributed by atoms with Crippen molar-refractivity contribution in [3.05, 3.63) is 71.0 Å². The molecule has 0 saturated carbocycles. The van der Waals surface area contributed by atoms with Crippen molar-refractivity contribution in [3.8, 4) is 11.1 Å². The molecule has 2 aromatic carbocycles. The molecule has 0 atom stereocenters. The molecule has 0 saturated heterocycles. The Kier molecular flexibility index (Phi) is 4.54. The van der Waals surface area contributed by atoms with Gasteiger partial charge in [-0.2, -0.15) is 13.2 Å². The van der Waals surface area contributed by atoms with Crippen LogP contribution in [0.4, 0.5) is 22.7 Å². The van der Waals surface area contributed by atoms with E-state index < -0.39 is 17.8 Å². The number of amides is 1. The zero-order chi connectivity index (χ0) is 18.0. The topological polar surface area (TPSA) is 42.0 Å². The predicted octanol–water partition coefficient (Wildman–Crippen LogP) is 5.22. The highest BCUT2D eigenvalue weighted by Gasteiger charge is 2.33. The van der Waals surface area contributed by atoms with Crippen molar-refractivity contribution in [2.45, 2.75) is 6.18 Å². The average Bonchev–Trinajstić information content (AvgIpc) is 3.04. The number of benzene rings is 2. The second-order valence-corrected chi connectivity index (χ2v) is 5.94. The lowest BCUT2D eigenvalue weighted by Gasteiger charge is -2.05. The fourth-order valence-corrected chi connectivity index (χ4v) is 2.83. The Labute approximate surface area is 144 Å². The number of anilines is 1. The van der Waals surface area contributed by atoms with E-state index in [-0.39, 0.29) is 16.5 Å². The summed E-state index contributed by atoms with van der Waals surface area (Å²) in [6.45, 7) is 0. The number of nitrogens with one attached hydrogen (secondary N) is 1. The first-order valence-corrected chi connectivity index (χ1v) is 7.91. The van der Waals surface area contributed by atoms with Gasteiger partial charge in [-0.15, -0.1) is 11.3 Å². The van der Waals surface area contributed by atoms with Gasteiger partial charge < -0.3 is 0 Å². The summed E-state index contributed by atoms with van der Waals surface area (Å²) in [6.07, 6.45) is -4.55. The van der Waals surface area contributed by atoms with E-state index in [4.69, 9.17) is 0 Å². The van der Waals surface area contributed by atoms with E-state index in [1.807, 2.05) is 0 Å². The van der Waals surface area contributed by atoms with E-state index in [2.05, 4.69) is 10.3 Å². The molecule has 0 aliphatic carbocycles. The molecule has 1 N–H and O–H groups in total. The molecule has 0 unspecified atom stereocenters. The lowest BCUT2D eigenvalue weighted by Crippen LogP contribution is -2.12. The monoisotopic (exact) mass is 366 g/mol. The van der Waals surface area contributed by atoms with E-state index in [0.29, 0.717) is 22.5 Å². The lowest BCUT2D eigenvalue weighted by atomic mass is 10.0. The second-order valence-electron chi connectivity index (χ2n) is 5.08. The minimum atomic E-state index is -4.55. The SMILES string of the molecule is O=C(Nc1nc(C(F)(F)F)cs1)c1ccc(-c2cccc(F)c2)cc1. The molecule has 8 heteroatoms. The van der Waals surface area contributed by atoms with Crippen molar-refractivity contribution in [2.75, 3.05) is 5.32 Å². The number of alkyl halides is 3. The largest absolute Gasteiger partial charge is 0.434 e. The zero-order valence-electron chi connectivity index (χ0n) is 12.5. The normalized spacial score (nSPS) is 11.4. The van der Waals surface area contributed by atoms with Crippen LogP contribution in [-0.2, 0) is 6.18 Å². The Bertz CT molecular complexity index is 904. The van der Waals surface area contributed by atoms with Crippen LogP contribution in [-0.4, -0.2) is 10.9 Å². The van der Waals surface area contributed by atoms with Crippen molar-refractivity contribution in [1.82, 2.24) is 4.98 Å². The number of thiazole rings is 1. The fraction of sp³-hybridized carbons (Fsp3) is 0.0588. The molecule has 0 aliphatic rings. The van der Waals surface area contributed by atoms with Crippen molar-refractivity contribution in [2.24, 2.45) is 0 Å². The van der Waals surface area contributed by atoms with Crippen molar-refractivity contribution < 1.29 is 22.4 Å². The molecule has 128 valence electrons. The standard InChI is InChI=1S/C17H10F4N2OS/c18-13-3-1-2-12(8-13)10-4-6-11(7-5-10)15(24)23-16-22-14(9-25-16)17(19,20)21/h1-9H,(H,22,23,24). The lowest BCUT2D eigenvalue weighted by molar-refractivity contribution is -0.140. The molecule has 1 heterocycles. The van der Waals surface area contributed by atoms with Crippen LogP contribution in [0.3, 0.4) is 0 Å². The second kappa shape index (κ2) is 6.64. The number of aromatic nitrogens is 1. The third kappa shape index (κ3) is 4.03. The number of hydrogen-bond acceptors (Lipinski definition) is 3. The smallest absolute Gasteiger partial charge is 0.298 e. The molecule has 0 bridgehead atoms. The maximum Gasteiger partial charge on any atom is 0.434 e. The van der Waals surface area contributed by atoms with Crippen LogP contribution < -0.4 is 5.32 Å². The molecule has 3 aromatic rings. The number of rotatable bonds is 3. The van der Waals surface area contributed by atoms with Crippen LogP contribution in [0.1, 0.15) is 16.1 Å². The molecule has 1 amide bonds. The van der Waals surface area contributed by atoms with E-state index in [9.17, 15) is 22.4 Å². The fourth-order valence-electron chi connectivity index (χ4n) is 2.11. The molecule has 0 fully saturated rings. The minimum Gasteiger partial charge on any atom is -0.298 e. The van der Waals surface area contributed by atoms with Gasteiger partial charge in [-0.05, 0) is 35.4 Å². The van der Waals surface area contributed by atoms with E-state index in [1.54, 1.807) is 24.3 Å². The van der Waals surface area contributed by atoms with E-state index in [1.165, 1.54) is 24.3 Å². The first-order valence-electron chi connectivity index (χ1n) is 7.03. The zero-order valence-corrected chi connectivity index (χ0v) is 13.3. The number of carbonyl (C=O) groups excluding carboxylic acids is 1. The highest BCUT2D eigenvalue weighted by molar-refractivity contribution is 7.14. The van der Waals surface area contributed by atoms with Gasteiger partial charge in [-0.25, -0.2) is 9.37 Å². The van der Waals surface area contributed by atoms with Crippen molar-refractivity contribution in [3.63, 3.8) is 0 Å². The van der Waals surface area contributed by atoms with E-state index >= 15 is 0 Å². The van der Waals surface area contributed by atoms with Gasteiger partial charge in [-0.1, -0.05) is 24.3 Å². The summed E-state index contributed by atoms with van der Waals surface area (Å²) < 4.78 is 50.7.